The third-order valence-electron chi connectivity index (χ3n) is 10.8. The van der Waals surface area contributed by atoms with Crippen LogP contribution < -0.4 is 4.90 Å². The van der Waals surface area contributed by atoms with Crippen molar-refractivity contribution >= 4 is 71.6 Å². The Labute approximate surface area is 321 Å². The minimum absolute atomic E-state index is 0.427. The van der Waals surface area contributed by atoms with Gasteiger partial charge in [0.25, 0.3) is 0 Å². The van der Waals surface area contributed by atoms with E-state index in [1.165, 1.54) is 10.8 Å². The van der Waals surface area contributed by atoms with Crippen LogP contribution in [0, 0.1) is 0 Å². The van der Waals surface area contributed by atoms with Gasteiger partial charge in [-0.15, -0.1) is 0 Å². The van der Waals surface area contributed by atoms with E-state index in [4.69, 9.17) is 7.16 Å². The fraction of sp³-hybridized carbons (Fsp3) is 0. The van der Waals surface area contributed by atoms with Gasteiger partial charge in [0.1, 0.15) is 11.2 Å². The molecule has 0 unspecified atom stereocenters. The minimum atomic E-state index is 0.427. The van der Waals surface area contributed by atoms with Gasteiger partial charge in [0, 0.05) is 39.3 Å². The maximum Gasteiger partial charge on any atom is 0.137 e. The minimum Gasteiger partial charge on any atom is -0.456 e. The quantitative estimate of drug-likeness (QED) is 0.172. The molecule has 0 atom stereocenters. The molecule has 0 amide bonds. The Morgan fingerprint density at radius 2 is 1.13 bits per heavy atom. The summed E-state index contributed by atoms with van der Waals surface area (Å²) in [5.74, 6) is 0. The first-order chi connectivity index (χ1) is 28.1. The number of rotatable bonds is 6. The Balaban J connectivity index is 1.03. The van der Waals surface area contributed by atoms with E-state index in [2.05, 4.69) is 149 Å². The van der Waals surface area contributed by atoms with Crippen LogP contribution in [0.3, 0.4) is 0 Å². The highest BCUT2D eigenvalue weighted by atomic mass is 16.3. The highest BCUT2D eigenvalue weighted by Gasteiger charge is 2.20. The van der Waals surface area contributed by atoms with Gasteiger partial charge in [-0.2, -0.15) is 0 Å². The molecule has 0 radical (unpaired) electrons. The van der Waals surface area contributed by atoms with E-state index in [9.17, 15) is 0 Å². The normalized spacial score (nSPS) is 12.1. The second-order valence-corrected chi connectivity index (χ2v) is 14.0. The first kappa shape index (κ1) is 29.1. The summed E-state index contributed by atoms with van der Waals surface area (Å²) in [4.78, 5) is 2.14. The molecule has 258 valence electrons. The van der Waals surface area contributed by atoms with Gasteiger partial charge in [-0.1, -0.05) is 133 Å². The molecule has 0 aliphatic rings. The highest BCUT2D eigenvalue weighted by Crippen LogP contribution is 2.42. The van der Waals surface area contributed by atoms with Crippen LogP contribution >= 0.6 is 0 Å². The molecule has 0 saturated carbocycles. The summed E-state index contributed by atoms with van der Waals surface area (Å²) < 4.78 is 26.6. The Morgan fingerprint density at radius 1 is 0.418 bits per heavy atom. The number of para-hydroxylation sites is 3. The zero-order valence-corrected chi connectivity index (χ0v) is 29.8. The van der Waals surface area contributed by atoms with Crippen LogP contribution in [0.5, 0.6) is 0 Å². The third-order valence-corrected chi connectivity index (χ3v) is 10.8. The third kappa shape index (κ3) is 5.13. The van der Waals surface area contributed by atoms with E-state index in [0.29, 0.717) is 12.1 Å². The second-order valence-electron chi connectivity index (χ2n) is 14.0. The van der Waals surface area contributed by atoms with Crippen molar-refractivity contribution in [1.82, 2.24) is 4.57 Å². The number of hydrogen-bond donors (Lipinski definition) is 0. The van der Waals surface area contributed by atoms with Crippen molar-refractivity contribution in [2.45, 2.75) is 0 Å². The van der Waals surface area contributed by atoms with Crippen LogP contribution in [0.25, 0.3) is 82.5 Å². The van der Waals surface area contributed by atoms with Gasteiger partial charge < -0.3 is 13.9 Å². The number of benzene rings is 9. The summed E-state index contributed by atoms with van der Waals surface area (Å²) >= 11 is 0. The van der Waals surface area contributed by atoms with Crippen molar-refractivity contribution < 1.29 is 7.16 Å². The number of aromatic nitrogens is 1. The van der Waals surface area contributed by atoms with E-state index in [-0.39, 0.29) is 0 Å². The smallest absolute Gasteiger partial charge is 0.137 e. The van der Waals surface area contributed by atoms with Crippen molar-refractivity contribution in [2.24, 2.45) is 0 Å². The summed E-state index contributed by atoms with van der Waals surface area (Å²) in [6.45, 7) is 0. The van der Waals surface area contributed by atoms with Crippen LogP contribution in [0.1, 0.15) is 2.74 Å². The summed E-state index contributed by atoms with van der Waals surface area (Å²) in [5.41, 5.74) is 11.7. The average molecular weight is 705 g/mol. The lowest BCUT2D eigenvalue weighted by atomic mass is 9.95. The molecule has 0 saturated heterocycles. The summed E-state index contributed by atoms with van der Waals surface area (Å²) in [6.07, 6.45) is 0. The van der Waals surface area contributed by atoms with Gasteiger partial charge in [0.2, 0.25) is 0 Å². The Bertz CT molecular complexity index is 3290. The Kier molecular flexibility index (Phi) is 6.70. The molecule has 2 aromatic heterocycles. The molecule has 11 rings (SSSR count). The van der Waals surface area contributed by atoms with Gasteiger partial charge in [-0.3, -0.25) is 0 Å². The predicted octanol–water partition coefficient (Wildman–Crippen LogP) is 14.6. The van der Waals surface area contributed by atoms with E-state index in [1.807, 2.05) is 54.6 Å². The summed E-state index contributed by atoms with van der Waals surface area (Å²) in [6, 6.07) is 67.6. The first-order valence-electron chi connectivity index (χ1n) is 19.6. The van der Waals surface area contributed by atoms with Gasteiger partial charge in [-0.25, -0.2) is 0 Å². The largest absolute Gasteiger partial charge is 0.456 e. The van der Waals surface area contributed by atoms with Crippen LogP contribution in [0.4, 0.5) is 17.1 Å². The molecule has 9 aromatic carbocycles. The SMILES string of the molecule is [2H]c1ccccc1-c1cccc2ccc(-c3ccc(N(c4ccc5c(c4)oc4cccc(-n6c7ccccc7c7ccccc76)c45)c4ccccc4[2H])cc3)cc12. The first-order valence-corrected chi connectivity index (χ1v) is 18.6. The van der Waals surface area contributed by atoms with Gasteiger partial charge in [0.15, 0.2) is 0 Å². The van der Waals surface area contributed by atoms with Crippen molar-refractivity contribution in [3.8, 4) is 27.9 Å². The lowest BCUT2D eigenvalue weighted by molar-refractivity contribution is 0.669. The monoisotopic (exact) mass is 704 g/mol. The molecule has 0 fully saturated rings. The fourth-order valence-electron chi connectivity index (χ4n) is 8.30. The molecule has 3 nitrogen and oxygen atoms in total. The highest BCUT2D eigenvalue weighted by molar-refractivity contribution is 6.14. The number of nitrogens with zero attached hydrogens (tertiary/aromatic N) is 2. The maximum absolute atomic E-state index is 8.97. The molecule has 0 aliphatic carbocycles. The standard InChI is InChI=1S/C52H34N2O/c1-3-13-36(14-4-1)42-20-11-15-37-25-26-38(33-46(37)42)35-27-29-40(30-28-35)53(39-16-5-2-6-17-39)41-31-32-45-51(34-41)55-50-24-12-23-49(52(45)50)54-47-21-9-7-18-43(47)44-19-8-10-22-48(44)54/h1-34H/i13D,16D. The molecule has 55 heavy (non-hydrogen) atoms. The summed E-state index contributed by atoms with van der Waals surface area (Å²) in [7, 11) is 0. The molecule has 0 spiro atoms. The lowest BCUT2D eigenvalue weighted by Crippen LogP contribution is -2.09. The Morgan fingerprint density at radius 3 is 1.93 bits per heavy atom. The zero-order valence-electron chi connectivity index (χ0n) is 31.8. The lowest BCUT2D eigenvalue weighted by Gasteiger charge is -2.25. The molecular formula is C52H34N2O. The van der Waals surface area contributed by atoms with Gasteiger partial charge >= 0.3 is 0 Å². The Hall–Kier alpha value is -7.36. The number of furan rings is 1. The van der Waals surface area contributed by atoms with Crippen LogP contribution in [0.2, 0.25) is 0 Å². The molecule has 3 heteroatoms. The van der Waals surface area contributed by atoms with Crippen LogP contribution in [0.15, 0.2) is 211 Å². The van der Waals surface area contributed by atoms with Crippen LogP contribution in [-0.4, -0.2) is 4.57 Å². The van der Waals surface area contributed by atoms with Crippen LogP contribution in [-0.2, 0) is 0 Å². The van der Waals surface area contributed by atoms with Gasteiger partial charge in [0.05, 0.1) is 24.8 Å². The number of anilines is 3. The summed E-state index contributed by atoms with van der Waals surface area (Å²) in [5, 5.41) is 6.78. The van der Waals surface area contributed by atoms with Gasteiger partial charge in [-0.05, 0) is 99.7 Å². The molecule has 2 heterocycles. The van der Waals surface area contributed by atoms with E-state index in [0.717, 1.165) is 88.7 Å². The van der Waals surface area contributed by atoms with E-state index in [1.54, 1.807) is 0 Å². The zero-order chi connectivity index (χ0) is 38.0. The van der Waals surface area contributed by atoms with Crippen molar-refractivity contribution in [3.63, 3.8) is 0 Å². The fourth-order valence-corrected chi connectivity index (χ4v) is 8.30. The number of fused-ring (bicyclic) bond motifs is 7. The van der Waals surface area contributed by atoms with Crippen molar-refractivity contribution in [1.29, 1.82) is 0 Å². The van der Waals surface area contributed by atoms with Crippen molar-refractivity contribution in [3.05, 3.63) is 206 Å². The number of hydrogen-bond acceptors (Lipinski definition) is 2. The predicted molar refractivity (Wildman–Crippen MR) is 231 cm³/mol. The molecule has 11 aromatic rings. The molecule has 0 N–H and O–H groups in total. The topological polar surface area (TPSA) is 21.3 Å². The second kappa shape index (κ2) is 12.6. The van der Waals surface area contributed by atoms with E-state index >= 15 is 0 Å². The molecule has 0 bridgehead atoms. The average Bonchev–Trinajstić information content (AvgIpc) is 3.80. The van der Waals surface area contributed by atoms with E-state index < -0.39 is 0 Å². The van der Waals surface area contributed by atoms with Crippen molar-refractivity contribution in [2.75, 3.05) is 4.90 Å². The maximum atomic E-state index is 8.97. The molecular weight excluding hydrogens is 669 g/mol. The molecule has 0 aliphatic heterocycles.